The van der Waals surface area contributed by atoms with Gasteiger partial charge in [-0.1, -0.05) is 0 Å². The minimum atomic E-state index is -0.638. The molecule has 1 fully saturated rings. The van der Waals surface area contributed by atoms with Crippen LogP contribution < -0.4 is 15.4 Å². The van der Waals surface area contributed by atoms with Crippen molar-refractivity contribution in [2.24, 2.45) is 0 Å². The summed E-state index contributed by atoms with van der Waals surface area (Å²) in [7, 11) is 1.40. The molecule has 1 heterocycles. The molecule has 1 aromatic rings. The van der Waals surface area contributed by atoms with Gasteiger partial charge < -0.3 is 10.1 Å². The summed E-state index contributed by atoms with van der Waals surface area (Å²) in [5.41, 5.74) is 0.185. The van der Waals surface area contributed by atoms with Gasteiger partial charge in [0.05, 0.1) is 12.0 Å². The van der Waals surface area contributed by atoms with E-state index < -0.39 is 16.9 Å². The third kappa shape index (κ3) is 2.51. The molecule has 1 saturated heterocycles. The number of carbonyl (C=O) groups is 2. The number of carbonyl (C=O) groups excluding carboxylic acids is 2. The molecule has 0 radical (unpaired) electrons. The first-order chi connectivity index (χ1) is 9.01. The van der Waals surface area contributed by atoms with Gasteiger partial charge in [-0.2, -0.15) is 0 Å². The first kappa shape index (κ1) is 12.6. The van der Waals surface area contributed by atoms with Gasteiger partial charge in [-0.25, -0.2) is 4.79 Å². The molecule has 98 valence electrons. The topological polar surface area (TPSA) is 111 Å². The Balaban J connectivity index is 2.45. The summed E-state index contributed by atoms with van der Waals surface area (Å²) >= 11 is 0. The Labute approximate surface area is 107 Å². The summed E-state index contributed by atoms with van der Waals surface area (Å²) in [6.45, 7) is 0. The van der Waals surface area contributed by atoms with Gasteiger partial charge in [0.25, 0.3) is 11.6 Å². The summed E-state index contributed by atoms with van der Waals surface area (Å²) in [6, 6.07) is 3.32. The van der Waals surface area contributed by atoms with Crippen LogP contribution in [0.25, 0.3) is 6.08 Å². The number of nitrogens with one attached hydrogen (secondary N) is 2. The van der Waals surface area contributed by atoms with Crippen molar-refractivity contribution in [3.63, 3.8) is 0 Å². The number of nitrogens with zero attached hydrogens (tertiary/aromatic N) is 1. The van der Waals surface area contributed by atoms with E-state index in [1.165, 1.54) is 31.4 Å². The van der Waals surface area contributed by atoms with Crippen LogP contribution in [0.15, 0.2) is 23.9 Å². The monoisotopic (exact) mass is 263 g/mol. The SMILES string of the molecule is COc1ccc([N+](=O)[O-])cc1C=C1NC(=O)NC1=O. The number of hydrogen-bond donors (Lipinski definition) is 2. The lowest BCUT2D eigenvalue weighted by molar-refractivity contribution is -0.384. The molecular formula is C11H9N3O5. The predicted molar refractivity (Wildman–Crippen MR) is 64.3 cm³/mol. The van der Waals surface area contributed by atoms with Crippen LogP contribution in [-0.4, -0.2) is 24.0 Å². The second kappa shape index (κ2) is 4.77. The summed E-state index contributed by atoms with van der Waals surface area (Å²) in [5.74, 6) is -0.245. The van der Waals surface area contributed by atoms with Crippen molar-refractivity contribution in [3.05, 3.63) is 39.6 Å². The van der Waals surface area contributed by atoms with Crippen molar-refractivity contribution >= 4 is 23.7 Å². The molecule has 2 rings (SSSR count). The molecule has 1 aromatic carbocycles. The van der Waals surface area contributed by atoms with E-state index >= 15 is 0 Å². The highest BCUT2D eigenvalue weighted by Crippen LogP contribution is 2.26. The van der Waals surface area contributed by atoms with Crippen LogP contribution in [0.2, 0.25) is 0 Å². The fourth-order valence-electron chi connectivity index (χ4n) is 1.59. The van der Waals surface area contributed by atoms with Gasteiger partial charge in [0.2, 0.25) is 0 Å². The van der Waals surface area contributed by atoms with E-state index in [1.807, 2.05) is 5.32 Å². The number of hydrogen-bond acceptors (Lipinski definition) is 5. The Morgan fingerprint density at radius 3 is 2.58 bits per heavy atom. The van der Waals surface area contributed by atoms with Crippen molar-refractivity contribution in [2.45, 2.75) is 0 Å². The van der Waals surface area contributed by atoms with Crippen LogP contribution in [0.3, 0.4) is 0 Å². The smallest absolute Gasteiger partial charge is 0.326 e. The van der Waals surface area contributed by atoms with Crippen molar-refractivity contribution in [1.29, 1.82) is 0 Å². The molecule has 1 aliphatic rings. The number of urea groups is 1. The fourth-order valence-corrected chi connectivity index (χ4v) is 1.59. The van der Waals surface area contributed by atoms with Crippen LogP contribution in [-0.2, 0) is 4.79 Å². The standard InChI is InChI=1S/C11H9N3O5/c1-19-9-3-2-7(14(17)18)4-6(9)5-8-10(15)13-11(16)12-8/h2-5H,1H3,(H2,12,13,15,16). The van der Waals surface area contributed by atoms with E-state index in [0.29, 0.717) is 11.3 Å². The number of benzene rings is 1. The molecule has 2 N–H and O–H groups in total. The van der Waals surface area contributed by atoms with Crippen LogP contribution in [0, 0.1) is 10.1 Å². The molecule has 0 saturated carbocycles. The molecular weight excluding hydrogens is 254 g/mol. The predicted octanol–water partition coefficient (Wildman–Crippen LogP) is 0.784. The molecule has 0 aromatic heterocycles. The molecule has 0 aliphatic carbocycles. The lowest BCUT2D eigenvalue weighted by Gasteiger charge is -2.04. The number of nitro groups is 1. The van der Waals surface area contributed by atoms with Crippen molar-refractivity contribution in [1.82, 2.24) is 10.6 Å². The number of ether oxygens (including phenoxy) is 1. The first-order valence-corrected chi connectivity index (χ1v) is 5.17. The highest BCUT2D eigenvalue weighted by atomic mass is 16.6. The van der Waals surface area contributed by atoms with E-state index in [-0.39, 0.29) is 11.4 Å². The van der Waals surface area contributed by atoms with Crippen molar-refractivity contribution < 1.29 is 19.2 Å². The zero-order valence-corrected chi connectivity index (χ0v) is 9.80. The summed E-state index contributed by atoms with van der Waals surface area (Å²) < 4.78 is 5.04. The average Bonchev–Trinajstić information content (AvgIpc) is 2.67. The maximum absolute atomic E-state index is 11.4. The maximum Gasteiger partial charge on any atom is 0.326 e. The van der Waals surface area contributed by atoms with Crippen LogP contribution >= 0.6 is 0 Å². The first-order valence-electron chi connectivity index (χ1n) is 5.17. The molecule has 0 bridgehead atoms. The van der Waals surface area contributed by atoms with E-state index in [9.17, 15) is 19.7 Å². The maximum atomic E-state index is 11.4. The Hall–Kier alpha value is -2.90. The van der Waals surface area contributed by atoms with Gasteiger partial charge >= 0.3 is 6.03 Å². The van der Waals surface area contributed by atoms with Crippen molar-refractivity contribution in [3.8, 4) is 5.75 Å². The van der Waals surface area contributed by atoms with Crippen molar-refractivity contribution in [2.75, 3.05) is 7.11 Å². The van der Waals surface area contributed by atoms with Gasteiger partial charge in [-0.3, -0.25) is 20.2 Å². The quantitative estimate of drug-likeness (QED) is 0.362. The Morgan fingerprint density at radius 2 is 2.05 bits per heavy atom. The average molecular weight is 263 g/mol. The highest BCUT2D eigenvalue weighted by Gasteiger charge is 2.23. The number of amides is 3. The van der Waals surface area contributed by atoms with Gasteiger partial charge in [0.1, 0.15) is 11.4 Å². The molecule has 19 heavy (non-hydrogen) atoms. The Morgan fingerprint density at radius 1 is 1.32 bits per heavy atom. The Kier molecular flexibility index (Phi) is 3.15. The molecule has 3 amide bonds. The second-order valence-corrected chi connectivity index (χ2v) is 3.65. The normalized spacial score (nSPS) is 16.2. The van der Waals surface area contributed by atoms with Crippen LogP contribution in [0.4, 0.5) is 10.5 Å². The summed E-state index contributed by atoms with van der Waals surface area (Å²) in [6.07, 6.45) is 1.31. The highest BCUT2D eigenvalue weighted by molar-refractivity contribution is 6.14. The van der Waals surface area contributed by atoms with Gasteiger partial charge in [-0.15, -0.1) is 0 Å². The van der Waals surface area contributed by atoms with E-state index in [4.69, 9.17) is 4.74 Å². The molecule has 0 spiro atoms. The lowest BCUT2D eigenvalue weighted by atomic mass is 10.1. The Bertz CT molecular complexity index is 608. The minimum Gasteiger partial charge on any atom is -0.496 e. The summed E-state index contributed by atoms with van der Waals surface area (Å²) in [5, 5.41) is 15.0. The van der Waals surface area contributed by atoms with E-state index in [1.54, 1.807) is 0 Å². The van der Waals surface area contributed by atoms with Crippen LogP contribution in [0.1, 0.15) is 5.56 Å². The molecule has 0 unspecified atom stereocenters. The van der Waals surface area contributed by atoms with Gasteiger partial charge in [-0.05, 0) is 12.1 Å². The number of non-ortho nitro benzene ring substituents is 1. The van der Waals surface area contributed by atoms with Gasteiger partial charge in [0.15, 0.2) is 0 Å². The minimum absolute atomic E-state index is 0.00352. The zero-order valence-electron chi connectivity index (χ0n) is 9.80. The number of rotatable bonds is 3. The number of nitro benzene ring substituents is 1. The number of imide groups is 1. The van der Waals surface area contributed by atoms with E-state index in [2.05, 4.69) is 5.32 Å². The molecule has 0 atom stereocenters. The fraction of sp³-hybridized carbons (Fsp3) is 0.0909. The van der Waals surface area contributed by atoms with Gasteiger partial charge in [0, 0.05) is 17.7 Å². The lowest BCUT2D eigenvalue weighted by Crippen LogP contribution is -2.22. The third-order valence-corrected chi connectivity index (χ3v) is 2.44. The molecule has 8 nitrogen and oxygen atoms in total. The zero-order chi connectivity index (χ0) is 14.0. The second-order valence-electron chi connectivity index (χ2n) is 3.65. The number of methoxy groups -OCH3 is 1. The largest absolute Gasteiger partial charge is 0.496 e. The molecule has 8 heteroatoms. The molecule has 1 aliphatic heterocycles. The van der Waals surface area contributed by atoms with E-state index in [0.717, 1.165) is 0 Å². The summed E-state index contributed by atoms with van der Waals surface area (Å²) in [4.78, 5) is 32.5. The third-order valence-electron chi connectivity index (χ3n) is 2.44. The van der Waals surface area contributed by atoms with Crippen LogP contribution in [0.5, 0.6) is 5.75 Å².